The molecule has 0 bridgehead atoms. The molecular weight excluding hydrogens is 464 g/mol. The van der Waals surface area contributed by atoms with Gasteiger partial charge in [-0.05, 0) is 55.4 Å². The van der Waals surface area contributed by atoms with Gasteiger partial charge in [0.1, 0.15) is 11.9 Å². The fourth-order valence-corrected chi connectivity index (χ4v) is 7.74. The summed E-state index contributed by atoms with van der Waals surface area (Å²) in [7, 11) is -9.38. The Balaban J connectivity index is 2.00. The van der Waals surface area contributed by atoms with Crippen molar-refractivity contribution in [2.45, 2.75) is 57.3 Å². The minimum Gasteiger partial charge on any atom is -0.458 e. The summed E-state index contributed by atoms with van der Waals surface area (Å²) in [4.78, 5) is 12.1. The van der Waals surface area contributed by atoms with Crippen molar-refractivity contribution in [3.8, 4) is 0 Å². The number of esters is 1. The summed E-state index contributed by atoms with van der Waals surface area (Å²) in [6.45, 7) is 7.26. The highest BCUT2D eigenvalue weighted by molar-refractivity contribution is 7.86. The molecule has 1 aliphatic heterocycles. The maximum absolute atomic E-state index is 12.2. The van der Waals surface area contributed by atoms with Crippen molar-refractivity contribution in [2.75, 3.05) is 13.2 Å². The average molecular weight is 495 g/mol. The van der Waals surface area contributed by atoms with Crippen LogP contribution in [0.4, 0.5) is 0 Å². The summed E-state index contributed by atoms with van der Waals surface area (Å²) in [5.41, 5.74) is -1.02. The van der Waals surface area contributed by atoms with Gasteiger partial charge in [-0.25, -0.2) is 8.98 Å². The highest BCUT2D eigenvalue weighted by Gasteiger charge is 2.59. The lowest BCUT2D eigenvalue weighted by molar-refractivity contribution is -0.144. The van der Waals surface area contributed by atoms with E-state index in [0.29, 0.717) is 19.3 Å². The molecule has 0 saturated heterocycles. The Labute approximate surface area is 188 Å². The van der Waals surface area contributed by atoms with Crippen LogP contribution < -0.4 is 0 Å². The molecular formula is C20H30O10S2. The van der Waals surface area contributed by atoms with E-state index in [2.05, 4.69) is 6.58 Å². The van der Waals surface area contributed by atoms with Gasteiger partial charge in [-0.1, -0.05) is 26.0 Å². The number of allylic oxidation sites excluding steroid dienone is 1. The van der Waals surface area contributed by atoms with Crippen LogP contribution >= 0.6 is 0 Å². The van der Waals surface area contributed by atoms with Crippen LogP contribution in [0.2, 0.25) is 0 Å². The number of aliphatic hydroxyl groups excluding tert-OH is 1. The maximum atomic E-state index is 12.2. The zero-order valence-electron chi connectivity index (χ0n) is 18.1. The van der Waals surface area contributed by atoms with Crippen molar-refractivity contribution in [3.63, 3.8) is 0 Å². The largest absolute Gasteiger partial charge is 0.458 e. The van der Waals surface area contributed by atoms with Crippen LogP contribution in [-0.4, -0.2) is 61.6 Å². The van der Waals surface area contributed by atoms with Gasteiger partial charge in [0.25, 0.3) is 10.1 Å². The molecule has 32 heavy (non-hydrogen) atoms. The van der Waals surface area contributed by atoms with E-state index in [1.807, 2.05) is 6.92 Å². The highest BCUT2D eigenvalue weighted by Crippen LogP contribution is 2.62. The zero-order chi connectivity index (χ0) is 24.1. The number of carbonyl (C=O) groups is 1. The van der Waals surface area contributed by atoms with E-state index in [9.17, 15) is 35.8 Å². The summed E-state index contributed by atoms with van der Waals surface area (Å²) in [6.07, 6.45) is 1.92. The minimum atomic E-state index is -4.74. The Bertz CT molecular complexity index is 1030. The molecule has 2 aliphatic carbocycles. The minimum absolute atomic E-state index is 0.0665. The van der Waals surface area contributed by atoms with Crippen LogP contribution in [0.15, 0.2) is 23.8 Å². The molecule has 2 saturated carbocycles. The quantitative estimate of drug-likeness (QED) is 0.269. The molecule has 12 heteroatoms. The second-order valence-electron chi connectivity index (χ2n) is 9.52. The number of cyclic esters (lactones) is 1. The number of carbonyl (C=O) groups excluding carboxylic acids is 1. The average Bonchev–Trinajstić information content (AvgIpc) is 3.07. The molecule has 0 amide bonds. The monoisotopic (exact) mass is 494 g/mol. The number of hydrogen-bond acceptors (Lipinski definition) is 8. The lowest BCUT2D eigenvalue weighted by Gasteiger charge is -2.60. The highest BCUT2D eigenvalue weighted by atomic mass is 32.3. The summed E-state index contributed by atoms with van der Waals surface area (Å²) in [5, 5.41) is 8.77. The molecule has 2 fully saturated rings. The second-order valence-corrected chi connectivity index (χ2v) is 12.2. The maximum Gasteiger partial charge on any atom is 0.397 e. The molecule has 0 aromatic heterocycles. The van der Waals surface area contributed by atoms with E-state index in [-0.39, 0.29) is 30.9 Å². The van der Waals surface area contributed by atoms with Gasteiger partial charge < -0.3 is 9.84 Å². The fourth-order valence-electron chi connectivity index (χ4n) is 6.18. The molecule has 182 valence electrons. The Morgan fingerprint density at radius 3 is 2.41 bits per heavy atom. The smallest absolute Gasteiger partial charge is 0.397 e. The number of hydrogen-bond donors (Lipinski definition) is 3. The van der Waals surface area contributed by atoms with Crippen molar-refractivity contribution in [3.05, 3.63) is 23.8 Å². The Morgan fingerprint density at radius 1 is 1.25 bits per heavy atom. The number of aliphatic hydroxyl groups is 1. The van der Waals surface area contributed by atoms with Gasteiger partial charge in [0, 0.05) is 5.41 Å². The van der Waals surface area contributed by atoms with Crippen LogP contribution in [0.25, 0.3) is 0 Å². The predicted octanol–water partition coefficient (Wildman–Crippen LogP) is 1.69. The van der Waals surface area contributed by atoms with Crippen molar-refractivity contribution < 1.29 is 44.8 Å². The van der Waals surface area contributed by atoms with Gasteiger partial charge in [-0.3, -0.25) is 9.11 Å². The van der Waals surface area contributed by atoms with Gasteiger partial charge in [0.05, 0.1) is 18.3 Å². The third-order valence-corrected chi connectivity index (χ3v) is 9.44. The lowest BCUT2D eigenvalue weighted by atomic mass is 9.46. The third kappa shape index (κ3) is 4.53. The van der Waals surface area contributed by atoms with Gasteiger partial charge in [-0.2, -0.15) is 16.8 Å². The van der Waals surface area contributed by atoms with Crippen molar-refractivity contribution in [1.29, 1.82) is 0 Å². The van der Waals surface area contributed by atoms with Crippen molar-refractivity contribution in [2.24, 2.45) is 22.7 Å². The Morgan fingerprint density at radius 2 is 1.91 bits per heavy atom. The molecule has 3 N–H and O–H groups in total. The topological polar surface area (TPSA) is 164 Å². The molecule has 10 nitrogen and oxygen atoms in total. The van der Waals surface area contributed by atoms with E-state index >= 15 is 0 Å². The Hall–Kier alpha value is -1.31. The van der Waals surface area contributed by atoms with Crippen LogP contribution in [0.1, 0.15) is 46.0 Å². The van der Waals surface area contributed by atoms with E-state index in [1.54, 1.807) is 6.92 Å². The SMILES string of the molecule is C=C1CC[C@@H]2[C@](C)(CO)[C@H](OS(=O)(=O)O)CC[C@@]2(C)[C@@H]1C[C@H](C1=CCOC1=O)S(=O)(=O)O. The standard InChI is InChI=1S/C20H30O10S2/c1-12-4-5-16-19(2,8-6-17(20(16,3)11-21)30-32(26,27)28)14(12)10-15(31(23,24)25)13-7-9-29-18(13)22/h7,14-17,21H,1,4-6,8-11H2,2-3H3,(H,23,24,25)(H,26,27,28)/t14-,15-,16+,17-,19+,20+/m1/s1. The molecule has 3 aliphatic rings. The molecule has 0 radical (unpaired) electrons. The summed E-state index contributed by atoms with van der Waals surface area (Å²) < 4.78 is 76.1. The van der Waals surface area contributed by atoms with Crippen LogP contribution in [0.5, 0.6) is 0 Å². The zero-order valence-corrected chi connectivity index (χ0v) is 19.7. The molecule has 0 spiro atoms. The first-order chi connectivity index (χ1) is 14.6. The molecule has 0 aromatic rings. The van der Waals surface area contributed by atoms with Gasteiger partial charge >= 0.3 is 16.4 Å². The lowest BCUT2D eigenvalue weighted by Crippen LogP contribution is -2.58. The third-order valence-electron chi connectivity index (χ3n) is 7.80. The number of fused-ring (bicyclic) bond motifs is 1. The van der Waals surface area contributed by atoms with Crippen LogP contribution in [0, 0.1) is 22.7 Å². The normalized spacial score (nSPS) is 36.9. The van der Waals surface area contributed by atoms with Crippen molar-refractivity contribution in [1.82, 2.24) is 0 Å². The first kappa shape index (κ1) is 25.3. The molecule has 3 rings (SSSR count). The predicted molar refractivity (Wildman–Crippen MR) is 113 cm³/mol. The molecule has 6 atom stereocenters. The number of ether oxygens (including phenoxy) is 1. The van der Waals surface area contributed by atoms with Crippen molar-refractivity contribution >= 4 is 26.5 Å². The second kappa shape index (κ2) is 8.48. The molecule has 0 unspecified atom stereocenters. The van der Waals surface area contributed by atoms with E-state index in [1.165, 1.54) is 6.08 Å². The fraction of sp³-hybridized carbons (Fsp3) is 0.750. The van der Waals surface area contributed by atoms with Gasteiger partial charge in [0.15, 0.2) is 0 Å². The molecule has 1 heterocycles. The van der Waals surface area contributed by atoms with Crippen LogP contribution in [-0.2, 0) is 34.2 Å². The van der Waals surface area contributed by atoms with Gasteiger partial charge in [0.2, 0.25) is 0 Å². The molecule has 0 aromatic carbocycles. The summed E-state index contributed by atoms with van der Waals surface area (Å²) in [6, 6.07) is 0. The van der Waals surface area contributed by atoms with E-state index < -0.39 is 61.2 Å². The van der Waals surface area contributed by atoms with E-state index in [0.717, 1.165) is 5.57 Å². The van der Waals surface area contributed by atoms with Crippen LogP contribution in [0.3, 0.4) is 0 Å². The first-order valence-electron chi connectivity index (χ1n) is 10.4. The summed E-state index contributed by atoms with van der Waals surface area (Å²) >= 11 is 0. The Kier molecular flexibility index (Phi) is 6.71. The first-order valence-corrected chi connectivity index (χ1v) is 13.3. The van der Waals surface area contributed by atoms with E-state index in [4.69, 9.17) is 8.92 Å². The summed E-state index contributed by atoms with van der Waals surface area (Å²) in [5.74, 6) is -1.54. The van der Waals surface area contributed by atoms with Gasteiger partial charge in [-0.15, -0.1) is 0 Å². The number of rotatable bonds is 7.